The van der Waals surface area contributed by atoms with Crippen molar-refractivity contribution in [3.8, 4) is 0 Å². The molecule has 17 heavy (non-hydrogen) atoms. The standard InChI is InChI=1S/C10H8BrN5O/c11-6-3-7(5-13-4-6)14-10(17)8-1-2-9(12)16-15-8/h1-5H,(H2,12,16)(H,14,17). The van der Waals surface area contributed by atoms with Crippen LogP contribution in [0, 0.1) is 0 Å². The fourth-order valence-electron chi connectivity index (χ4n) is 1.14. The van der Waals surface area contributed by atoms with Gasteiger partial charge in [0, 0.05) is 10.7 Å². The number of nitrogens with two attached hydrogens (primary N) is 1. The average molecular weight is 294 g/mol. The summed E-state index contributed by atoms with van der Waals surface area (Å²) < 4.78 is 0.777. The van der Waals surface area contributed by atoms with E-state index in [9.17, 15) is 4.79 Å². The van der Waals surface area contributed by atoms with Crippen LogP contribution in [0.25, 0.3) is 0 Å². The van der Waals surface area contributed by atoms with Gasteiger partial charge < -0.3 is 11.1 Å². The van der Waals surface area contributed by atoms with Crippen LogP contribution in [0.15, 0.2) is 35.1 Å². The first kappa shape index (κ1) is 11.5. The molecule has 86 valence electrons. The van der Waals surface area contributed by atoms with Gasteiger partial charge in [-0.1, -0.05) is 0 Å². The van der Waals surface area contributed by atoms with Crippen molar-refractivity contribution in [2.24, 2.45) is 0 Å². The second-order valence-electron chi connectivity index (χ2n) is 3.19. The van der Waals surface area contributed by atoms with E-state index in [1.807, 2.05) is 0 Å². The van der Waals surface area contributed by atoms with Gasteiger partial charge in [0.1, 0.15) is 5.82 Å². The van der Waals surface area contributed by atoms with Crippen LogP contribution >= 0.6 is 15.9 Å². The van der Waals surface area contributed by atoms with Crippen molar-refractivity contribution in [1.29, 1.82) is 0 Å². The quantitative estimate of drug-likeness (QED) is 0.874. The Morgan fingerprint density at radius 3 is 2.76 bits per heavy atom. The molecule has 0 atom stereocenters. The van der Waals surface area contributed by atoms with Crippen molar-refractivity contribution < 1.29 is 4.79 Å². The molecule has 0 aromatic carbocycles. The molecule has 2 aromatic rings. The Kier molecular flexibility index (Phi) is 3.29. The minimum atomic E-state index is -0.364. The minimum absolute atomic E-state index is 0.194. The molecule has 2 rings (SSSR count). The number of nitrogen functional groups attached to an aromatic ring is 1. The molecule has 0 saturated carbocycles. The summed E-state index contributed by atoms with van der Waals surface area (Å²) in [4.78, 5) is 15.7. The van der Waals surface area contributed by atoms with Crippen molar-refractivity contribution in [1.82, 2.24) is 15.2 Å². The first-order chi connectivity index (χ1) is 8.15. The molecule has 0 aliphatic heterocycles. The lowest BCUT2D eigenvalue weighted by molar-refractivity contribution is 0.102. The van der Waals surface area contributed by atoms with Crippen LogP contribution in [0.1, 0.15) is 10.5 Å². The highest BCUT2D eigenvalue weighted by molar-refractivity contribution is 9.10. The van der Waals surface area contributed by atoms with Crippen LogP contribution in [-0.4, -0.2) is 21.1 Å². The number of nitrogens with zero attached hydrogens (tertiary/aromatic N) is 3. The number of carbonyl (C=O) groups is 1. The molecule has 2 heterocycles. The maximum Gasteiger partial charge on any atom is 0.276 e. The van der Waals surface area contributed by atoms with Crippen LogP contribution in [0.3, 0.4) is 0 Å². The van der Waals surface area contributed by atoms with Crippen molar-refractivity contribution in [3.63, 3.8) is 0 Å². The third kappa shape index (κ3) is 2.97. The maximum absolute atomic E-state index is 11.7. The first-order valence-electron chi connectivity index (χ1n) is 4.66. The molecule has 0 fully saturated rings. The van der Waals surface area contributed by atoms with Gasteiger partial charge in [-0.15, -0.1) is 10.2 Å². The van der Waals surface area contributed by atoms with Gasteiger partial charge in [-0.25, -0.2) is 0 Å². The second kappa shape index (κ2) is 4.88. The molecular weight excluding hydrogens is 286 g/mol. The third-order valence-electron chi connectivity index (χ3n) is 1.88. The van der Waals surface area contributed by atoms with Crippen LogP contribution < -0.4 is 11.1 Å². The van der Waals surface area contributed by atoms with Gasteiger partial charge in [0.25, 0.3) is 5.91 Å². The molecule has 1 amide bonds. The monoisotopic (exact) mass is 293 g/mol. The SMILES string of the molecule is Nc1ccc(C(=O)Nc2cncc(Br)c2)nn1. The summed E-state index contributed by atoms with van der Waals surface area (Å²) in [7, 11) is 0. The van der Waals surface area contributed by atoms with Crippen LogP contribution in [0.2, 0.25) is 0 Å². The number of anilines is 2. The Hall–Kier alpha value is -2.02. The largest absolute Gasteiger partial charge is 0.382 e. The van der Waals surface area contributed by atoms with Crippen molar-refractivity contribution in [2.75, 3.05) is 11.1 Å². The second-order valence-corrected chi connectivity index (χ2v) is 4.11. The molecule has 0 bridgehead atoms. The summed E-state index contributed by atoms with van der Waals surface area (Å²) in [6.07, 6.45) is 3.16. The van der Waals surface area contributed by atoms with Gasteiger partial charge in [0.05, 0.1) is 11.9 Å². The summed E-state index contributed by atoms with van der Waals surface area (Å²) in [5.41, 5.74) is 6.14. The van der Waals surface area contributed by atoms with E-state index in [1.54, 1.807) is 12.3 Å². The molecule has 6 nitrogen and oxygen atoms in total. The lowest BCUT2D eigenvalue weighted by Crippen LogP contribution is -2.14. The average Bonchev–Trinajstić information content (AvgIpc) is 2.29. The van der Waals surface area contributed by atoms with Gasteiger partial charge >= 0.3 is 0 Å². The Bertz CT molecular complexity index is 543. The lowest BCUT2D eigenvalue weighted by Gasteiger charge is -2.03. The van der Waals surface area contributed by atoms with Crippen molar-refractivity contribution >= 4 is 33.3 Å². The zero-order valence-corrected chi connectivity index (χ0v) is 10.2. The zero-order valence-electron chi connectivity index (χ0n) is 8.59. The van der Waals surface area contributed by atoms with Gasteiger partial charge in [0.2, 0.25) is 0 Å². The van der Waals surface area contributed by atoms with E-state index in [0.717, 1.165) is 4.47 Å². The van der Waals surface area contributed by atoms with Gasteiger partial charge in [-0.2, -0.15) is 0 Å². The van der Waals surface area contributed by atoms with Crippen LogP contribution in [-0.2, 0) is 0 Å². The number of aromatic nitrogens is 3. The molecule has 3 N–H and O–H groups in total. The van der Waals surface area contributed by atoms with Gasteiger partial charge in [-0.05, 0) is 34.1 Å². The molecule has 0 spiro atoms. The van der Waals surface area contributed by atoms with Gasteiger partial charge in [-0.3, -0.25) is 9.78 Å². The molecule has 0 radical (unpaired) electrons. The normalized spacial score (nSPS) is 9.94. The predicted octanol–water partition coefficient (Wildman–Crippen LogP) is 1.47. The number of pyridine rings is 1. The number of carbonyl (C=O) groups excluding carboxylic acids is 1. The number of rotatable bonds is 2. The Balaban J connectivity index is 2.14. The topological polar surface area (TPSA) is 93.8 Å². The Labute approximate surface area is 105 Å². The molecule has 7 heteroatoms. The number of halogens is 1. The van der Waals surface area contributed by atoms with Crippen LogP contribution in [0.4, 0.5) is 11.5 Å². The summed E-state index contributed by atoms with van der Waals surface area (Å²) in [6, 6.07) is 4.75. The third-order valence-corrected chi connectivity index (χ3v) is 2.31. The smallest absolute Gasteiger partial charge is 0.276 e. The summed E-state index contributed by atoms with van der Waals surface area (Å²) >= 11 is 3.26. The van der Waals surface area contributed by atoms with E-state index >= 15 is 0 Å². The highest BCUT2D eigenvalue weighted by Gasteiger charge is 2.08. The van der Waals surface area contributed by atoms with Crippen molar-refractivity contribution in [2.45, 2.75) is 0 Å². The fraction of sp³-hybridized carbons (Fsp3) is 0. The highest BCUT2D eigenvalue weighted by atomic mass is 79.9. The lowest BCUT2D eigenvalue weighted by atomic mass is 10.3. The van der Waals surface area contributed by atoms with E-state index in [0.29, 0.717) is 5.69 Å². The van der Waals surface area contributed by atoms with E-state index in [2.05, 4.69) is 36.4 Å². The molecule has 0 saturated heterocycles. The molecular formula is C10H8BrN5O. The highest BCUT2D eigenvalue weighted by Crippen LogP contribution is 2.14. The molecule has 0 aliphatic rings. The van der Waals surface area contributed by atoms with Gasteiger partial charge in [0.15, 0.2) is 5.69 Å². The molecule has 2 aromatic heterocycles. The fourth-order valence-corrected chi connectivity index (χ4v) is 1.50. The van der Waals surface area contributed by atoms with Crippen LogP contribution in [0.5, 0.6) is 0 Å². The Morgan fingerprint density at radius 2 is 2.12 bits per heavy atom. The minimum Gasteiger partial charge on any atom is -0.382 e. The predicted molar refractivity (Wildman–Crippen MR) is 66.3 cm³/mol. The van der Waals surface area contributed by atoms with E-state index in [1.165, 1.54) is 18.3 Å². The number of hydrogen-bond donors (Lipinski definition) is 2. The maximum atomic E-state index is 11.7. The number of nitrogens with one attached hydrogen (secondary N) is 1. The first-order valence-corrected chi connectivity index (χ1v) is 5.45. The number of hydrogen-bond acceptors (Lipinski definition) is 5. The zero-order chi connectivity index (χ0) is 12.3. The molecule has 0 aliphatic carbocycles. The Morgan fingerprint density at radius 1 is 1.29 bits per heavy atom. The van der Waals surface area contributed by atoms with E-state index < -0.39 is 0 Å². The van der Waals surface area contributed by atoms with Crippen molar-refractivity contribution in [3.05, 3.63) is 40.8 Å². The summed E-state index contributed by atoms with van der Waals surface area (Å²) in [5.74, 6) is -0.0944. The summed E-state index contributed by atoms with van der Waals surface area (Å²) in [5, 5.41) is 9.92. The van der Waals surface area contributed by atoms with E-state index in [-0.39, 0.29) is 17.4 Å². The summed E-state index contributed by atoms with van der Waals surface area (Å²) in [6.45, 7) is 0. The van der Waals surface area contributed by atoms with E-state index in [4.69, 9.17) is 5.73 Å². The number of amides is 1. The molecule has 0 unspecified atom stereocenters.